The monoisotopic (exact) mass is 306 g/mol. The molecule has 1 aromatic carbocycles. The average molecular weight is 307 g/mol. The third-order valence-corrected chi connectivity index (χ3v) is 3.93. The second-order valence-corrected chi connectivity index (χ2v) is 5.31. The summed E-state index contributed by atoms with van der Waals surface area (Å²) >= 11 is 11.7. The molecular formula is C14H11Cl2F3. The van der Waals surface area contributed by atoms with Crippen LogP contribution in [0.1, 0.15) is 18.4 Å². The quantitative estimate of drug-likeness (QED) is 0.623. The molecular weight excluding hydrogens is 296 g/mol. The summed E-state index contributed by atoms with van der Waals surface area (Å²) in [5.41, 5.74) is 0.0408. The highest BCUT2D eigenvalue weighted by Crippen LogP contribution is 2.51. The minimum atomic E-state index is -4.59. The van der Waals surface area contributed by atoms with Gasteiger partial charge in [-0.15, -0.1) is 0 Å². The van der Waals surface area contributed by atoms with Crippen LogP contribution in [0.2, 0.25) is 5.02 Å². The first-order valence-electron chi connectivity index (χ1n) is 5.74. The number of halogens is 5. The van der Waals surface area contributed by atoms with E-state index in [2.05, 4.69) is 0 Å². The van der Waals surface area contributed by atoms with Crippen LogP contribution in [0.15, 0.2) is 48.1 Å². The van der Waals surface area contributed by atoms with Crippen molar-refractivity contribution in [3.8, 4) is 0 Å². The van der Waals surface area contributed by atoms with Crippen molar-refractivity contribution in [2.75, 3.05) is 0 Å². The molecule has 19 heavy (non-hydrogen) atoms. The fraction of sp³-hybridized carbons (Fsp3) is 0.286. The first-order valence-corrected chi connectivity index (χ1v) is 6.50. The Morgan fingerprint density at radius 1 is 1.00 bits per heavy atom. The number of alkyl halides is 4. The van der Waals surface area contributed by atoms with Crippen LogP contribution in [0, 0.1) is 0 Å². The van der Waals surface area contributed by atoms with Crippen LogP contribution in [0.3, 0.4) is 0 Å². The van der Waals surface area contributed by atoms with Gasteiger partial charge in [0.15, 0.2) is 4.87 Å². The van der Waals surface area contributed by atoms with Gasteiger partial charge in [-0.05, 0) is 36.1 Å². The van der Waals surface area contributed by atoms with Gasteiger partial charge in [-0.3, -0.25) is 0 Å². The third kappa shape index (κ3) is 2.67. The van der Waals surface area contributed by atoms with Crippen LogP contribution in [-0.4, -0.2) is 6.18 Å². The van der Waals surface area contributed by atoms with Crippen molar-refractivity contribution >= 4 is 23.2 Å². The Kier molecular flexibility index (Phi) is 3.98. The number of hydrogen-bond donors (Lipinski definition) is 0. The van der Waals surface area contributed by atoms with Crippen molar-refractivity contribution in [1.82, 2.24) is 0 Å². The highest BCUT2D eigenvalue weighted by atomic mass is 35.5. The summed E-state index contributed by atoms with van der Waals surface area (Å²) in [6.07, 6.45) is 1.39. The maximum Gasteiger partial charge on any atom is 0.415 e. The van der Waals surface area contributed by atoms with Crippen molar-refractivity contribution in [2.24, 2.45) is 0 Å². The zero-order chi connectivity index (χ0) is 14.1. The van der Waals surface area contributed by atoms with Crippen LogP contribution in [-0.2, 0) is 4.87 Å². The molecule has 102 valence electrons. The van der Waals surface area contributed by atoms with Gasteiger partial charge in [-0.25, -0.2) is 0 Å². The molecule has 0 saturated heterocycles. The van der Waals surface area contributed by atoms with E-state index in [-0.39, 0.29) is 11.1 Å². The van der Waals surface area contributed by atoms with Crippen LogP contribution in [0.25, 0.3) is 0 Å². The molecule has 1 aliphatic rings. The van der Waals surface area contributed by atoms with Gasteiger partial charge in [0.2, 0.25) is 0 Å². The average Bonchev–Trinajstić information content (AvgIpc) is 2.38. The van der Waals surface area contributed by atoms with Crippen molar-refractivity contribution in [1.29, 1.82) is 0 Å². The molecule has 0 fully saturated rings. The third-order valence-electron chi connectivity index (χ3n) is 3.03. The van der Waals surface area contributed by atoms with Crippen LogP contribution in [0.4, 0.5) is 13.2 Å². The molecule has 5 heteroatoms. The molecule has 0 heterocycles. The summed E-state index contributed by atoms with van der Waals surface area (Å²) in [6.45, 7) is 0. The van der Waals surface area contributed by atoms with Gasteiger partial charge in [0.1, 0.15) is 0 Å². The maximum atomic E-state index is 13.4. The lowest BCUT2D eigenvalue weighted by Gasteiger charge is -2.32. The van der Waals surface area contributed by atoms with Gasteiger partial charge >= 0.3 is 6.18 Å². The van der Waals surface area contributed by atoms with Gasteiger partial charge in [0.05, 0.1) is 0 Å². The molecule has 0 spiro atoms. The second kappa shape index (κ2) is 5.22. The van der Waals surface area contributed by atoms with E-state index in [0.717, 1.165) is 6.42 Å². The fourth-order valence-electron chi connectivity index (χ4n) is 2.04. The molecule has 0 aromatic heterocycles. The first kappa shape index (κ1) is 14.5. The minimum absolute atomic E-state index is 0.0242. The van der Waals surface area contributed by atoms with Gasteiger partial charge in [-0.2, -0.15) is 13.2 Å². The number of rotatable bonds is 2. The Morgan fingerprint density at radius 2 is 1.63 bits per heavy atom. The second-order valence-electron chi connectivity index (χ2n) is 4.30. The topological polar surface area (TPSA) is 0 Å². The van der Waals surface area contributed by atoms with E-state index in [4.69, 9.17) is 23.2 Å². The van der Waals surface area contributed by atoms with Gasteiger partial charge < -0.3 is 0 Å². The van der Waals surface area contributed by atoms with Crippen molar-refractivity contribution < 1.29 is 13.2 Å². The number of hydrogen-bond acceptors (Lipinski definition) is 0. The molecule has 2 rings (SSSR count). The molecule has 1 aromatic rings. The number of allylic oxidation sites excluding steroid dienone is 4. The molecule has 0 aliphatic heterocycles. The van der Waals surface area contributed by atoms with E-state index in [1.165, 1.54) is 36.4 Å². The Labute approximate surface area is 119 Å². The lowest BCUT2D eigenvalue weighted by molar-refractivity contribution is -0.154. The normalized spacial score (nSPS) is 18.9. The van der Waals surface area contributed by atoms with Crippen molar-refractivity contribution in [3.05, 3.63) is 58.7 Å². The van der Waals surface area contributed by atoms with Crippen LogP contribution in [0.5, 0.6) is 0 Å². The van der Waals surface area contributed by atoms with Gasteiger partial charge in [0, 0.05) is 5.02 Å². The Morgan fingerprint density at radius 3 is 2.11 bits per heavy atom. The maximum absolute atomic E-state index is 13.4. The lowest BCUT2D eigenvalue weighted by Crippen LogP contribution is -2.38. The van der Waals surface area contributed by atoms with Gasteiger partial charge in [0.25, 0.3) is 0 Å². The van der Waals surface area contributed by atoms with E-state index in [1.54, 1.807) is 6.08 Å². The van der Waals surface area contributed by atoms with Crippen LogP contribution >= 0.6 is 23.2 Å². The molecule has 1 aliphatic carbocycles. The molecule has 0 bridgehead atoms. The van der Waals surface area contributed by atoms with Crippen LogP contribution < -0.4 is 0 Å². The SMILES string of the molecule is FC(F)(F)C(Cl)(C1=CCCC=C1)c1ccc(Cl)cc1. The minimum Gasteiger partial charge on any atom is -0.168 e. The lowest BCUT2D eigenvalue weighted by atomic mass is 9.86. The summed E-state index contributed by atoms with van der Waals surface area (Å²) in [6, 6.07) is 5.44. The molecule has 1 unspecified atom stereocenters. The summed E-state index contributed by atoms with van der Waals surface area (Å²) in [5, 5.41) is 0.373. The molecule has 0 nitrogen and oxygen atoms in total. The highest BCUT2D eigenvalue weighted by molar-refractivity contribution is 6.30. The van der Waals surface area contributed by atoms with Crippen molar-refractivity contribution in [3.63, 3.8) is 0 Å². The van der Waals surface area contributed by atoms with Gasteiger partial charge in [-0.1, -0.05) is 53.6 Å². The highest BCUT2D eigenvalue weighted by Gasteiger charge is 2.56. The fourth-order valence-corrected chi connectivity index (χ4v) is 2.43. The van der Waals surface area contributed by atoms with Crippen molar-refractivity contribution in [2.45, 2.75) is 23.9 Å². The Hall–Kier alpha value is -0.930. The number of benzene rings is 1. The van der Waals surface area contributed by atoms with E-state index in [9.17, 15) is 13.2 Å². The molecule has 0 radical (unpaired) electrons. The zero-order valence-corrected chi connectivity index (χ0v) is 11.4. The smallest absolute Gasteiger partial charge is 0.168 e. The Bertz CT molecular complexity index is 514. The largest absolute Gasteiger partial charge is 0.415 e. The molecule has 1 atom stereocenters. The molecule has 0 saturated carbocycles. The molecule has 0 N–H and O–H groups in total. The predicted octanol–water partition coefficient (Wildman–Crippen LogP) is 5.61. The first-order chi connectivity index (χ1) is 8.85. The van der Waals surface area contributed by atoms with E-state index in [0.29, 0.717) is 11.4 Å². The van der Waals surface area contributed by atoms with E-state index >= 15 is 0 Å². The Balaban J connectivity index is 2.55. The van der Waals surface area contributed by atoms with E-state index in [1.807, 2.05) is 0 Å². The summed E-state index contributed by atoms with van der Waals surface area (Å²) in [5.74, 6) is 0. The summed E-state index contributed by atoms with van der Waals surface area (Å²) in [4.78, 5) is -2.52. The standard InChI is InChI=1S/C14H11Cl2F3/c15-12-8-6-11(7-9-12)13(16,14(17,18)19)10-4-2-1-3-5-10/h2,4-9H,1,3H2. The predicted molar refractivity (Wildman–Crippen MR) is 71.5 cm³/mol. The zero-order valence-electron chi connectivity index (χ0n) is 9.85. The van der Waals surface area contributed by atoms with E-state index < -0.39 is 11.1 Å². The summed E-state index contributed by atoms with van der Waals surface area (Å²) < 4.78 is 40.3. The molecule has 0 amide bonds. The summed E-state index contributed by atoms with van der Waals surface area (Å²) in [7, 11) is 0.